The number of imidazole rings is 2. The molecular formula is C44H46N8O4. The highest BCUT2D eigenvalue weighted by molar-refractivity contribution is 5.87. The number of nitrogens with one attached hydrogen (secondary N) is 3. The van der Waals surface area contributed by atoms with Crippen LogP contribution in [0.25, 0.3) is 22.5 Å². The standard InChI is InChI=1S/C44H46N8O4/c1-50-24-6-13-38(50)42(53)51-25-7-11-36(51)40-45-27-34(47-40)31-20-16-29(17-21-31)14-15-30-18-22-32(23-19-30)35-28-46-41(48-35)37-12-8-26-52(37)43(54)39(49-44(55)56-2)33-9-4-3-5-10-33/h3-5,9-10,16-23,27-28,36-39H,6-8,11-13,24-26H2,1-2H3,(H,45,47)(H,46,48)(H,49,55)/t36-,37-,38-,39+/m0/s1. The number of ether oxygens (including phenoxy) is 1. The summed E-state index contributed by atoms with van der Waals surface area (Å²) in [5.74, 6) is 8.12. The lowest BCUT2D eigenvalue weighted by Crippen LogP contribution is -2.44. The van der Waals surface area contributed by atoms with Gasteiger partial charge in [0.15, 0.2) is 0 Å². The third kappa shape index (κ3) is 7.68. The molecule has 0 saturated carbocycles. The van der Waals surface area contributed by atoms with Crippen molar-refractivity contribution >= 4 is 17.9 Å². The Balaban J connectivity index is 0.900. The van der Waals surface area contributed by atoms with Crippen molar-refractivity contribution in [3.05, 3.63) is 120 Å². The number of carbonyl (C=O) groups excluding carboxylic acids is 3. The Morgan fingerprint density at radius 3 is 1.80 bits per heavy atom. The summed E-state index contributed by atoms with van der Waals surface area (Å²) in [7, 11) is 3.33. The second kappa shape index (κ2) is 16.3. The molecule has 5 heterocycles. The molecular weight excluding hydrogens is 705 g/mol. The molecule has 3 amide bonds. The van der Waals surface area contributed by atoms with Crippen molar-refractivity contribution in [2.45, 2.75) is 62.7 Å². The molecule has 3 aliphatic rings. The number of benzene rings is 3. The summed E-state index contributed by atoms with van der Waals surface area (Å²) >= 11 is 0. The molecule has 0 spiro atoms. The number of alkyl carbamates (subject to hydrolysis) is 1. The summed E-state index contributed by atoms with van der Waals surface area (Å²) in [5, 5.41) is 2.71. The van der Waals surface area contributed by atoms with Gasteiger partial charge in [-0.25, -0.2) is 14.8 Å². The minimum Gasteiger partial charge on any atom is -0.453 e. The molecule has 3 aromatic carbocycles. The first-order chi connectivity index (χ1) is 27.4. The highest BCUT2D eigenvalue weighted by Crippen LogP contribution is 2.35. The van der Waals surface area contributed by atoms with E-state index < -0.39 is 12.1 Å². The van der Waals surface area contributed by atoms with E-state index in [1.807, 2.05) is 97.0 Å². The molecule has 0 radical (unpaired) electrons. The molecule has 0 aliphatic carbocycles. The van der Waals surface area contributed by atoms with Crippen LogP contribution in [0.3, 0.4) is 0 Å². The van der Waals surface area contributed by atoms with Crippen LogP contribution in [-0.4, -0.2) is 92.4 Å². The first kappa shape index (κ1) is 36.8. The highest BCUT2D eigenvalue weighted by atomic mass is 16.5. The summed E-state index contributed by atoms with van der Waals surface area (Å²) in [6.45, 7) is 2.32. The van der Waals surface area contributed by atoms with Gasteiger partial charge < -0.3 is 29.8 Å². The number of likely N-dealkylation sites (tertiary alicyclic amines) is 3. The fraction of sp³-hybridized carbons (Fsp3) is 0.341. The van der Waals surface area contributed by atoms with E-state index >= 15 is 0 Å². The molecule has 8 rings (SSSR count). The van der Waals surface area contributed by atoms with Gasteiger partial charge in [-0.15, -0.1) is 0 Å². The largest absolute Gasteiger partial charge is 0.453 e. The van der Waals surface area contributed by atoms with Crippen molar-refractivity contribution in [2.75, 3.05) is 33.8 Å². The van der Waals surface area contributed by atoms with Gasteiger partial charge in [-0.1, -0.05) is 66.4 Å². The van der Waals surface area contributed by atoms with Crippen molar-refractivity contribution in [1.82, 2.24) is 40.0 Å². The molecule has 3 saturated heterocycles. The van der Waals surface area contributed by atoms with Gasteiger partial charge in [0.05, 0.1) is 49.0 Å². The van der Waals surface area contributed by atoms with Gasteiger partial charge in [0.25, 0.3) is 5.91 Å². The lowest BCUT2D eigenvalue weighted by molar-refractivity contribution is -0.136. The van der Waals surface area contributed by atoms with Gasteiger partial charge >= 0.3 is 6.09 Å². The second-order valence-electron chi connectivity index (χ2n) is 14.8. The predicted octanol–water partition coefficient (Wildman–Crippen LogP) is 6.39. The Bertz CT molecular complexity index is 2240. The number of amides is 3. The van der Waals surface area contributed by atoms with Crippen LogP contribution in [0.4, 0.5) is 4.79 Å². The first-order valence-electron chi connectivity index (χ1n) is 19.4. The summed E-state index contributed by atoms with van der Waals surface area (Å²) in [5.41, 5.74) is 6.21. The number of aromatic amines is 2. The zero-order valence-corrected chi connectivity index (χ0v) is 31.7. The number of aromatic nitrogens is 4. The van der Waals surface area contributed by atoms with Crippen LogP contribution in [0.5, 0.6) is 0 Å². The summed E-state index contributed by atoms with van der Waals surface area (Å²) in [4.78, 5) is 61.7. The van der Waals surface area contributed by atoms with E-state index in [0.717, 1.165) is 91.1 Å². The van der Waals surface area contributed by atoms with E-state index in [9.17, 15) is 14.4 Å². The van der Waals surface area contributed by atoms with Crippen LogP contribution in [0, 0.1) is 11.8 Å². The SMILES string of the molecule is COC(=O)N[C@@H](C(=O)N1CCC[C@H]1c1ncc(-c2ccc(C#Cc3ccc(-c4cnc([C@@H]5CCCN5C(=O)[C@@H]5CCCN5C)[nH]4)cc3)cc2)[nH]1)c1ccccc1. The molecule has 5 aromatic rings. The fourth-order valence-electron chi connectivity index (χ4n) is 8.23. The van der Waals surface area contributed by atoms with Crippen molar-refractivity contribution in [1.29, 1.82) is 0 Å². The number of carbonyl (C=O) groups is 3. The van der Waals surface area contributed by atoms with Gasteiger partial charge in [0, 0.05) is 24.2 Å². The second-order valence-corrected chi connectivity index (χ2v) is 14.8. The number of likely N-dealkylation sites (N-methyl/N-ethyl adjacent to an activating group) is 1. The maximum Gasteiger partial charge on any atom is 0.407 e. The molecule has 0 unspecified atom stereocenters. The van der Waals surface area contributed by atoms with Gasteiger partial charge in [-0.05, 0) is 93.1 Å². The molecule has 0 bridgehead atoms. The summed E-state index contributed by atoms with van der Waals surface area (Å²) in [6.07, 6.45) is 8.48. The minimum absolute atomic E-state index is 0.0121. The van der Waals surface area contributed by atoms with E-state index in [1.54, 1.807) is 11.1 Å². The van der Waals surface area contributed by atoms with Crippen LogP contribution in [0.2, 0.25) is 0 Å². The lowest BCUT2D eigenvalue weighted by Gasteiger charge is -2.29. The quantitative estimate of drug-likeness (QED) is 0.156. The number of methoxy groups -OCH3 is 1. The molecule has 286 valence electrons. The molecule has 12 nitrogen and oxygen atoms in total. The van der Waals surface area contributed by atoms with Crippen molar-refractivity contribution in [3.63, 3.8) is 0 Å². The highest BCUT2D eigenvalue weighted by Gasteiger charge is 2.39. The molecule has 4 atom stereocenters. The number of rotatable bonds is 8. The normalized spacial score (nSPS) is 20.1. The number of hydrogen-bond donors (Lipinski definition) is 3. The summed E-state index contributed by atoms with van der Waals surface area (Å²) in [6, 6.07) is 24.1. The van der Waals surface area contributed by atoms with E-state index in [-0.39, 0.29) is 29.9 Å². The fourth-order valence-corrected chi connectivity index (χ4v) is 8.23. The van der Waals surface area contributed by atoms with E-state index in [2.05, 4.69) is 37.0 Å². The van der Waals surface area contributed by atoms with Crippen LogP contribution < -0.4 is 5.32 Å². The van der Waals surface area contributed by atoms with Crippen molar-refractivity contribution in [2.24, 2.45) is 0 Å². The van der Waals surface area contributed by atoms with Crippen LogP contribution >= 0.6 is 0 Å². The van der Waals surface area contributed by atoms with E-state index in [4.69, 9.17) is 9.72 Å². The Morgan fingerprint density at radius 2 is 1.27 bits per heavy atom. The smallest absolute Gasteiger partial charge is 0.407 e. The topological polar surface area (TPSA) is 140 Å². The van der Waals surface area contributed by atoms with E-state index in [1.165, 1.54) is 7.11 Å². The average molecular weight is 751 g/mol. The third-order valence-electron chi connectivity index (χ3n) is 11.3. The zero-order chi connectivity index (χ0) is 38.6. The van der Waals surface area contributed by atoms with Gasteiger partial charge in [-0.2, -0.15) is 0 Å². The van der Waals surface area contributed by atoms with Crippen LogP contribution in [0.15, 0.2) is 91.3 Å². The predicted molar refractivity (Wildman–Crippen MR) is 212 cm³/mol. The first-order valence-corrected chi connectivity index (χ1v) is 19.4. The molecule has 3 fully saturated rings. The molecule has 12 heteroatoms. The van der Waals surface area contributed by atoms with E-state index in [0.29, 0.717) is 17.9 Å². The molecule has 3 N–H and O–H groups in total. The Morgan fingerprint density at radius 1 is 0.732 bits per heavy atom. The monoisotopic (exact) mass is 750 g/mol. The minimum atomic E-state index is -0.870. The lowest BCUT2D eigenvalue weighted by atomic mass is 10.1. The molecule has 56 heavy (non-hydrogen) atoms. The Kier molecular flexibility index (Phi) is 10.7. The van der Waals surface area contributed by atoms with Gasteiger partial charge in [0.2, 0.25) is 5.91 Å². The number of hydrogen-bond acceptors (Lipinski definition) is 7. The zero-order valence-electron chi connectivity index (χ0n) is 31.7. The summed E-state index contributed by atoms with van der Waals surface area (Å²) < 4.78 is 4.82. The number of nitrogens with zero attached hydrogens (tertiary/aromatic N) is 5. The number of H-pyrrole nitrogens is 2. The maximum absolute atomic E-state index is 13.8. The average Bonchev–Trinajstić information content (AvgIpc) is 4.09. The van der Waals surface area contributed by atoms with Crippen LogP contribution in [-0.2, 0) is 14.3 Å². The van der Waals surface area contributed by atoms with Crippen molar-refractivity contribution in [3.8, 4) is 34.4 Å². The van der Waals surface area contributed by atoms with Crippen molar-refractivity contribution < 1.29 is 19.1 Å². The van der Waals surface area contributed by atoms with Gasteiger partial charge in [0.1, 0.15) is 17.7 Å². The Labute approximate surface area is 326 Å². The maximum atomic E-state index is 13.8. The molecule has 3 aliphatic heterocycles. The third-order valence-corrected chi connectivity index (χ3v) is 11.3. The van der Waals surface area contributed by atoms with Crippen LogP contribution in [0.1, 0.15) is 85.0 Å². The Hall–Kier alpha value is -6.19. The molecule has 2 aromatic heterocycles. The van der Waals surface area contributed by atoms with Gasteiger partial charge in [-0.3, -0.25) is 14.5 Å².